The number of thioether (sulfide) groups is 1. The van der Waals surface area contributed by atoms with E-state index in [1.54, 1.807) is 16.8 Å². The van der Waals surface area contributed by atoms with Crippen LogP contribution in [0.15, 0.2) is 23.4 Å². The summed E-state index contributed by atoms with van der Waals surface area (Å²) in [4.78, 5) is 12.0. The summed E-state index contributed by atoms with van der Waals surface area (Å²) in [5, 5.41) is 14.7. The smallest absolute Gasteiger partial charge is 0.387 e. The minimum absolute atomic E-state index is 0.0282. The topological polar surface area (TPSA) is 91.2 Å². The Balaban J connectivity index is 1.80. The largest absolute Gasteiger partial charge is 0.493 e. The highest BCUT2D eigenvalue weighted by Gasteiger charge is 2.13. The molecular weight excluding hydrogens is 380 g/mol. The van der Waals surface area contributed by atoms with E-state index in [-0.39, 0.29) is 29.2 Å². The van der Waals surface area contributed by atoms with Gasteiger partial charge in [-0.1, -0.05) is 17.8 Å². The van der Waals surface area contributed by atoms with Gasteiger partial charge in [-0.15, -0.1) is 5.10 Å². The molecule has 1 aromatic heterocycles. The van der Waals surface area contributed by atoms with Gasteiger partial charge < -0.3 is 14.8 Å². The molecular formula is C16H21F2N5O3S. The number of ether oxygens (including phenoxy) is 2. The number of halogens is 2. The van der Waals surface area contributed by atoms with Gasteiger partial charge >= 0.3 is 6.61 Å². The van der Waals surface area contributed by atoms with Crippen molar-refractivity contribution < 1.29 is 23.0 Å². The van der Waals surface area contributed by atoms with Gasteiger partial charge in [0.05, 0.1) is 18.9 Å². The first-order chi connectivity index (χ1) is 12.9. The number of methoxy groups -OCH3 is 1. The van der Waals surface area contributed by atoms with Crippen LogP contribution in [0, 0.1) is 0 Å². The Labute approximate surface area is 159 Å². The fourth-order valence-corrected chi connectivity index (χ4v) is 3.03. The zero-order valence-electron chi connectivity index (χ0n) is 15.2. The Kier molecular flexibility index (Phi) is 7.77. The Hall–Kier alpha value is -2.43. The molecule has 0 saturated carbocycles. The van der Waals surface area contributed by atoms with Crippen molar-refractivity contribution in [1.82, 2.24) is 25.5 Å². The van der Waals surface area contributed by atoms with Crippen LogP contribution in [0.5, 0.6) is 11.5 Å². The van der Waals surface area contributed by atoms with Gasteiger partial charge in [-0.25, -0.2) is 4.68 Å². The average molecular weight is 401 g/mol. The normalized spacial score (nSPS) is 11.1. The van der Waals surface area contributed by atoms with E-state index < -0.39 is 6.61 Å². The molecule has 1 amide bonds. The lowest BCUT2D eigenvalue weighted by atomic mass is 10.1. The Morgan fingerprint density at radius 3 is 2.78 bits per heavy atom. The van der Waals surface area contributed by atoms with E-state index in [9.17, 15) is 13.6 Å². The summed E-state index contributed by atoms with van der Waals surface area (Å²) in [6.45, 7) is 1.38. The minimum atomic E-state index is -2.92. The summed E-state index contributed by atoms with van der Waals surface area (Å²) in [7, 11) is 1.38. The number of alkyl halides is 2. The fourth-order valence-electron chi connectivity index (χ4n) is 2.19. The molecule has 0 unspecified atom stereocenters. The molecule has 27 heavy (non-hydrogen) atoms. The van der Waals surface area contributed by atoms with Crippen LogP contribution >= 0.6 is 11.8 Å². The number of nitrogens with zero attached hydrogens (tertiary/aromatic N) is 4. The van der Waals surface area contributed by atoms with Crippen molar-refractivity contribution in [1.29, 1.82) is 0 Å². The van der Waals surface area contributed by atoms with Crippen LogP contribution in [-0.2, 0) is 11.2 Å². The summed E-state index contributed by atoms with van der Waals surface area (Å²) >= 11 is 1.26. The van der Waals surface area contributed by atoms with Crippen LogP contribution in [0.2, 0.25) is 0 Å². The van der Waals surface area contributed by atoms with Crippen molar-refractivity contribution in [2.45, 2.75) is 38.1 Å². The van der Waals surface area contributed by atoms with E-state index in [0.717, 1.165) is 5.56 Å². The molecule has 0 aliphatic heterocycles. The van der Waals surface area contributed by atoms with E-state index >= 15 is 0 Å². The summed E-state index contributed by atoms with van der Waals surface area (Å²) in [6, 6.07) is 4.79. The number of amides is 1. The lowest BCUT2D eigenvalue weighted by Crippen LogP contribution is -2.27. The maximum Gasteiger partial charge on any atom is 0.387 e. The molecule has 1 aromatic carbocycles. The molecule has 148 valence electrons. The van der Waals surface area contributed by atoms with E-state index in [1.807, 2.05) is 13.8 Å². The van der Waals surface area contributed by atoms with Crippen LogP contribution in [0.3, 0.4) is 0 Å². The number of hydrogen-bond acceptors (Lipinski definition) is 7. The monoisotopic (exact) mass is 401 g/mol. The van der Waals surface area contributed by atoms with E-state index in [4.69, 9.17) is 4.74 Å². The van der Waals surface area contributed by atoms with Crippen molar-refractivity contribution in [3.8, 4) is 11.5 Å². The van der Waals surface area contributed by atoms with Crippen LogP contribution in [0.25, 0.3) is 0 Å². The highest BCUT2D eigenvalue weighted by molar-refractivity contribution is 7.99. The van der Waals surface area contributed by atoms with Crippen molar-refractivity contribution in [3.05, 3.63) is 23.8 Å². The highest BCUT2D eigenvalue weighted by Crippen LogP contribution is 2.29. The number of rotatable bonds is 10. The first-order valence-electron chi connectivity index (χ1n) is 8.19. The molecule has 0 spiro atoms. The van der Waals surface area contributed by atoms with E-state index in [2.05, 4.69) is 25.6 Å². The number of hydrogen-bond donors (Lipinski definition) is 1. The standard InChI is InChI=1S/C16H21F2N5O3S/c1-10(2)23-16(20-21-22-23)27-9-14(24)19-7-6-11-4-5-12(26-15(17)18)13(8-11)25-3/h4-5,8,10,15H,6-7,9H2,1-3H3,(H,19,24). The lowest BCUT2D eigenvalue weighted by molar-refractivity contribution is -0.118. The number of carbonyl (C=O) groups excluding carboxylic acids is 1. The molecule has 2 rings (SSSR count). The van der Waals surface area contributed by atoms with Gasteiger partial charge in [-0.2, -0.15) is 8.78 Å². The molecule has 0 fully saturated rings. The molecule has 0 saturated heterocycles. The zero-order valence-corrected chi connectivity index (χ0v) is 16.0. The second-order valence-corrected chi connectivity index (χ2v) is 6.69. The summed E-state index contributed by atoms with van der Waals surface area (Å²) in [5.74, 6) is 0.232. The van der Waals surface area contributed by atoms with Gasteiger partial charge in [-0.05, 0) is 48.4 Å². The fraction of sp³-hybridized carbons (Fsp3) is 0.500. The molecule has 11 heteroatoms. The predicted molar refractivity (Wildman–Crippen MR) is 95.3 cm³/mol. The van der Waals surface area contributed by atoms with Crippen molar-refractivity contribution >= 4 is 17.7 Å². The Bertz CT molecular complexity index is 757. The highest BCUT2D eigenvalue weighted by atomic mass is 32.2. The number of benzene rings is 1. The van der Waals surface area contributed by atoms with Gasteiger partial charge in [-0.3, -0.25) is 4.79 Å². The quantitative estimate of drug-likeness (QED) is 0.611. The minimum Gasteiger partial charge on any atom is -0.493 e. The molecule has 0 aliphatic carbocycles. The number of tetrazole rings is 1. The maximum atomic E-state index is 12.3. The molecule has 8 nitrogen and oxygen atoms in total. The van der Waals surface area contributed by atoms with Gasteiger partial charge in [0.1, 0.15) is 0 Å². The third-order valence-electron chi connectivity index (χ3n) is 3.46. The molecule has 0 aliphatic rings. The van der Waals surface area contributed by atoms with Gasteiger partial charge in [0.15, 0.2) is 11.5 Å². The van der Waals surface area contributed by atoms with Crippen LogP contribution in [0.1, 0.15) is 25.5 Å². The number of carbonyl (C=O) groups is 1. The SMILES string of the molecule is COc1cc(CCNC(=O)CSc2nnnn2C(C)C)ccc1OC(F)F. The molecule has 0 atom stereocenters. The zero-order chi connectivity index (χ0) is 19.8. The summed E-state index contributed by atoms with van der Waals surface area (Å²) < 4.78 is 35.7. The number of aromatic nitrogens is 4. The third-order valence-corrected chi connectivity index (χ3v) is 4.40. The van der Waals surface area contributed by atoms with Crippen LogP contribution < -0.4 is 14.8 Å². The van der Waals surface area contributed by atoms with Crippen molar-refractivity contribution in [3.63, 3.8) is 0 Å². The summed E-state index contributed by atoms with van der Waals surface area (Å²) in [6.07, 6.45) is 0.519. The van der Waals surface area contributed by atoms with E-state index in [1.165, 1.54) is 24.9 Å². The van der Waals surface area contributed by atoms with Gasteiger partial charge in [0.25, 0.3) is 0 Å². The summed E-state index contributed by atoms with van der Waals surface area (Å²) in [5.41, 5.74) is 0.824. The van der Waals surface area contributed by atoms with Crippen LogP contribution in [0.4, 0.5) is 8.78 Å². The third kappa shape index (κ3) is 6.35. The Morgan fingerprint density at radius 2 is 2.11 bits per heavy atom. The van der Waals surface area contributed by atoms with Gasteiger partial charge in [0.2, 0.25) is 11.1 Å². The van der Waals surface area contributed by atoms with Crippen LogP contribution in [-0.4, -0.2) is 52.1 Å². The molecule has 1 heterocycles. The van der Waals surface area contributed by atoms with E-state index in [0.29, 0.717) is 18.1 Å². The predicted octanol–water partition coefficient (Wildman–Crippen LogP) is 2.31. The maximum absolute atomic E-state index is 12.3. The molecule has 0 bridgehead atoms. The second-order valence-electron chi connectivity index (χ2n) is 5.75. The number of nitrogens with one attached hydrogen (secondary N) is 1. The molecule has 2 aromatic rings. The first kappa shape index (κ1) is 20.9. The average Bonchev–Trinajstić information content (AvgIpc) is 3.09. The first-order valence-corrected chi connectivity index (χ1v) is 9.18. The Morgan fingerprint density at radius 1 is 1.33 bits per heavy atom. The second kappa shape index (κ2) is 10.0. The molecule has 0 radical (unpaired) electrons. The van der Waals surface area contributed by atoms with Crippen molar-refractivity contribution in [2.75, 3.05) is 19.4 Å². The lowest BCUT2D eigenvalue weighted by Gasteiger charge is -2.12. The molecule has 1 N–H and O–H groups in total. The van der Waals surface area contributed by atoms with Crippen molar-refractivity contribution in [2.24, 2.45) is 0 Å². The van der Waals surface area contributed by atoms with Gasteiger partial charge in [0, 0.05) is 6.54 Å².